The van der Waals surface area contributed by atoms with Crippen LogP contribution >= 0.6 is 0 Å². The van der Waals surface area contributed by atoms with Gasteiger partial charge in [0.25, 0.3) is 0 Å². The molecule has 1 aliphatic heterocycles. The molecule has 3 nitrogen and oxygen atoms in total. The van der Waals surface area contributed by atoms with E-state index >= 15 is 0 Å². The Morgan fingerprint density at radius 3 is 2.39 bits per heavy atom. The van der Waals surface area contributed by atoms with Crippen LogP contribution in [0.15, 0.2) is 0 Å². The van der Waals surface area contributed by atoms with E-state index in [4.69, 9.17) is 4.74 Å². The van der Waals surface area contributed by atoms with Crippen LogP contribution in [0.5, 0.6) is 0 Å². The van der Waals surface area contributed by atoms with Crippen molar-refractivity contribution in [1.82, 2.24) is 5.32 Å². The fraction of sp³-hybridized carbons (Fsp3) is 1.00. The normalized spacial score (nSPS) is 33.5. The van der Waals surface area contributed by atoms with Crippen LogP contribution in [0.4, 0.5) is 0 Å². The van der Waals surface area contributed by atoms with Gasteiger partial charge in [0.2, 0.25) is 0 Å². The molecule has 2 saturated carbocycles. The Bertz CT molecular complexity index is 277. The van der Waals surface area contributed by atoms with Crippen molar-refractivity contribution >= 4 is 0 Å². The third kappa shape index (κ3) is 2.45. The third-order valence-electron chi connectivity index (χ3n) is 5.42. The molecule has 0 aromatic heterocycles. The SMILES string of the molecule is OCC1(NCC2CCC3(CCCCC3)O2)CCC1. The third-order valence-corrected chi connectivity index (χ3v) is 5.42. The summed E-state index contributed by atoms with van der Waals surface area (Å²) in [6.07, 6.45) is 13.0. The highest BCUT2D eigenvalue weighted by Gasteiger charge is 2.42. The van der Waals surface area contributed by atoms with Gasteiger partial charge < -0.3 is 15.2 Å². The second-order valence-electron chi connectivity index (χ2n) is 6.70. The Morgan fingerprint density at radius 1 is 1.00 bits per heavy atom. The molecule has 2 aliphatic carbocycles. The first-order chi connectivity index (χ1) is 8.76. The van der Waals surface area contributed by atoms with E-state index in [-0.39, 0.29) is 17.7 Å². The Labute approximate surface area is 110 Å². The molecule has 0 amide bonds. The van der Waals surface area contributed by atoms with Crippen LogP contribution in [0.2, 0.25) is 0 Å². The minimum Gasteiger partial charge on any atom is -0.394 e. The van der Waals surface area contributed by atoms with Gasteiger partial charge in [-0.15, -0.1) is 0 Å². The largest absolute Gasteiger partial charge is 0.394 e. The number of rotatable bonds is 4. The van der Waals surface area contributed by atoms with E-state index in [1.165, 1.54) is 51.4 Å². The molecule has 3 aliphatic rings. The summed E-state index contributed by atoms with van der Waals surface area (Å²) in [5, 5.41) is 13.0. The molecule has 1 heterocycles. The average molecular weight is 253 g/mol. The lowest BCUT2D eigenvalue weighted by Gasteiger charge is -2.42. The van der Waals surface area contributed by atoms with E-state index in [9.17, 15) is 5.11 Å². The number of ether oxygens (including phenoxy) is 1. The van der Waals surface area contributed by atoms with Crippen molar-refractivity contribution in [3.8, 4) is 0 Å². The number of hydrogen-bond donors (Lipinski definition) is 2. The summed E-state index contributed by atoms with van der Waals surface area (Å²) >= 11 is 0. The van der Waals surface area contributed by atoms with Gasteiger partial charge in [0.05, 0.1) is 18.3 Å². The fourth-order valence-electron chi connectivity index (χ4n) is 3.93. The molecule has 1 spiro atoms. The molecule has 3 fully saturated rings. The van der Waals surface area contributed by atoms with Gasteiger partial charge in [-0.2, -0.15) is 0 Å². The molecule has 0 bridgehead atoms. The number of hydrogen-bond acceptors (Lipinski definition) is 3. The van der Waals surface area contributed by atoms with Crippen molar-refractivity contribution in [3.05, 3.63) is 0 Å². The van der Waals surface area contributed by atoms with Crippen LogP contribution in [0.3, 0.4) is 0 Å². The first-order valence-electron chi connectivity index (χ1n) is 7.80. The molecule has 0 aromatic rings. The smallest absolute Gasteiger partial charge is 0.0708 e. The molecule has 3 rings (SSSR count). The maximum atomic E-state index is 9.45. The number of aliphatic hydroxyl groups excluding tert-OH is 1. The van der Waals surface area contributed by atoms with Crippen molar-refractivity contribution in [3.63, 3.8) is 0 Å². The van der Waals surface area contributed by atoms with Crippen molar-refractivity contribution in [2.24, 2.45) is 0 Å². The van der Waals surface area contributed by atoms with E-state index < -0.39 is 0 Å². The molecule has 1 unspecified atom stereocenters. The number of nitrogens with one attached hydrogen (secondary N) is 1. The van der Waals surface area contributed by atoms with Gasteiger partial charge in [-0.05, 0) is 44.9 Å². The highest BCUT2D eigenvalue weighted by atomic mass is 16.5. The lowest BCUT2D eigenvalue weighted by atomic mass is 9.77. The summed E-state index contributed by atoms with van der Waals surface area (Å²) in [5.74, 6) is 0. The van der Waals surface area contributed by atoms with Crippen LogP contribution in [0.25, 0.3) is 0 Å². The standard InChI is InChI=1S/C15H27NO2/c17-12-14(6-4-7-14)16-11-13-5-10-15(18-13)8-2-1-3-9-15/h13,16-17H,1-12H2. The number of aliphatic hydroxyl groups is 1. The quantitative estimate of drug-likeness (QED) is 0.808. The van der Waals surface area contributed by atoms with E-state index in [1.54, 1.807) is 0 Å². The molecular weight excluding hydrogens is 226 g/mol. The van der Waals surface area contributed by atoms with Gasteiger partial charge >= 0.3 is 0 Å². The van der Waals surface area contributed by atoms with Crippen molar-refractivity contribution in [2.45, 2.75) is 81.5 Å². The molecule has 2 N–H and O–H groups in total. The minimum atomic E-state index is 0.0334. The zero-order valence-electron chi connectivity index (χ0n) is 11.4. The van der Waals surface area contributed by atoms with Crippen molar-refractivity contribution in [1.29, 1.82) is 0 Å². The van der Waals surface area contributed by atoms with Crippen molar-refractivity contribution in [2.75, 3.05) is 13.2 Å². The lowest BCUT2D eigenvalue weighted by Crippen LogP contribution is -2.55. The van der Waals surface area contributed by atoms with Crippen LogP contribution in [0.1, 0.15) is 64.2 Å². The van der Waals surface area contributed by atoms with E-state index in [2.05, 4.69) is 5.32 Å². The Kier molecular flexibility index (Phi) is 3.65. The van der Waals surface area contributed by atoms with Crippen LogP contribution in [-0.4, -0.2) is 35.5 Å². The van der Waals surface area contributed by atoms with Gasteiger partial charge in [0, 0.05) is 12.1 Å². The predicted molar refractivity (Wildman–Crippen MR) is 71.6 cm³/mol. The Hall–Kier alpha value is -0.120. The summed E-state index contributed by atoms with van der Waals surface area (Å²) in [5.41, 5.74) is 0.266. The molecular formula is C15H27NO2. The summed E-state index contributed by atoms with van der Waals surface area (Å²) in [6, 6.07) is 0. The monoisotopic (exact) mass is 253 g/mol. The van der Waals surface area contributed by atoms with Crippen LogP contribution in [-0.2, 0) is 4.74 Å². The maximum absolute atomic E-state index is 9.45. The zero-order chi connectivity index (χ0) is 12.5. The zero-order valence-corrected chi connectivity index (χ0v) is 11.4. The van der Waals surface area contributed by atoms with Crippen LogP contribution < -0.4 is 5.32 Å². The second-order valence-corrected chi connectivity index (χ2v) is 6.70. The first kappa shape index (κ1) is 12.9. The molecule has 104 valence electrons. The van der Waals surface area contributed by atoms with E-state index in [1.807, 2.05) is 0 Å². The maximum Gasteiger partial charge on any atom is 0.0708 e. The summed E-state index contributed by atoms with van der Waals surface area (Å²) < 4.78 is 6.35. The van der Waals surface area contributed by atoms with Gasteiger partial charge in [-0.1, -0.05) is 19.3 Å². The first-order valence-corrected chi connectivity index (χ1v) is 7.80. The van der Waals surface area contributed by atoms with E-state index in [0.717, 1.165) is 19.4 Å². The molecule has 18 heavy (non-hydrogen) atoms. The molecule has 1 atom stereocenters. The van der Waals surface area contributed by atoms with Gasteiger partial charge in [0.15, 0.2) is 0 Å². The summed E-state index contributed by atoms with van der Waals surface area (Å²) in [7, 11) is 0. The average Bonchev–Trinajstić information content (AvgIpc) is 2.73. The fourth-order valence-corrected chi connectivity index (χ4v) is 3.93. The Morgan fingerprint density at radius 2 is 1.78 bits per heavy atom. The molecule has 3 heteroatoms. The second kappa shape index (κ2) is 5.10. The van der Waals surface area contributed by atoms with Gasteiger partial charge in [-0.3, -0.25) is 0 Å². The highest BCUT2D eigenvalue weighted by molar-refractivity contribution is 4.97. The summed E-state index contributed by atoms with van der Waals surface area (Å²) in [4.78, 5) is 0. The topological polar surface area (TPSA) is 41.5 Å². The predicted octanol–water partition coefficient (Wildman–Crippen LogP) is 2.37. The highest BCUT2D eigenvalue weighted by Crippen LogP contribution is 2.42. The minimum absolute atomic E-state index is 0.0334. The molecule has 0 radical (unpaired) electrons. The van der Waals surface area contributed by atoms with Crippen LogP contribution in [0, 0.1) is 0 Å². The summed E-state index contributed by atoms with van der Waals surface area (Å²) in [6.45, 7) is 1.22. The van der Waals surface area contributed by atoms with Crippen molar-refractivity contribution < 1.29 is 9.84 Å². The lowest BCUT2D eigenvalue weighted by molar-refractivity contribution is -0.0667. The molecule has 1 saturated heterocycles. The molecule has 0 aromatic carbocycles. The Balaban J connectivity index is 1.47. The van der Waals surface area contributed by atoms with Gasteiger partial charge in [-0.25, -0.2) is 0 Å². The van der Waals surface area contributed by atoms with E-state index in [0.29, 0.717) is 6.10 Å². The van der Waals surface area contributed by atoms with Gasteiger partial charge in [0.1, 0.15) is 0 Å².